The number of esters is 1. The van der Waals surface area contributed by atoms with Crippen molar-refractivity contribution < 1.29 is 9.53 Å². The van der Waals surface area contributed by atoms with Gasteiger partial charge in [0.25, 0.3) is 0 Å². The zero-order chi connectivity index (χ0) is 10.1. The Morgan fingerprint density at radius 3 is 2.62 bits per heavy atom. The Labute approximate surface area is 80.7 Å². The Morgan fingerprint density at radius 1 is 1.46 bits per heavy atom. The zero-order valence-electron chi connectivity index (χ0n) is 8.72. The van der Waals surface area contributed by atoms with Crippen molar-refractivity contribution in [3.05, 3.63) is 0 Å². The van der Waals surface area contributed by atoms with E-state index in [1.54, 1.807) is 0 Å². The maximum Gasteiger partial charge on any atom is 0.384 e. The van der Waals surface area contributed by atoms with E-state index in [0.29, 0.717) is 5.92 Å². The van der Waals surface area contributed by atoms with Crippen LogP contribution >= 0.6 is 0 Å². The summed E-state index contributed by atoms with van der Waals surface area (Å²) in [5.41, 5.74) is 0. The third-order valence-corrected chi connectivity index (χ3v) is 1.96. The third-order valence-electron chi connectivity index (χ3n) is 1.96. The number of rotatable bonds is 4. The molecular formula is C11H18O2. The molecule has 0 bridgehead atoms. The van der Waals surface area contributed by atoms with Crippen LogP contribution in [0.3, 0.4) is 0 Å². The molecule has 74 valence electrons. The average Bonchev–Trinajstić information content (AvgIpc) is 2.17. The van der Waals surface area contributed by atoms with Crippen LogP contribution < -0.4 is 0 Å². The topological polar surface area (TPSA) is 26.3 Å². The third kappa shape index (κ3) is 6.21. The second-order valence-electron chi connectivity index (χ2n) is 3.01. The number of unbranched alkanes of at least 4 members (excludes halogenated alkanes) is 1. The maximum atomic E-state index is 10.7. The molecule has 0 aromatic rings. The number of hydrogen-bond donors (Lipinski definition) is 0. The zero-order valence-corrected chi connectivity index (χ0v) is 8.72. The fourth-order valence-electron chi connectivity index (χ4n) is 1.04. The summed E-state index contributed by atoms with van der Waals surface area (Å²) in [4.78, 5) is 10.7. The number of carbonyl (C=O) groups excluding carboxylic acids is 1. The van der Waals surface area contributed by atoms with Crippen LogP contribution in [0.15, 0.2) is 0 Å². The molecule has 0 aliphatic carbocycles. The monoisotopic (exact) mass is 182 g/mol. The van der Waals surface area contributed by atoms with Crippen LogP contribution in [0.25, 0.3) is 0 Å². The lowest BCUT2D eigenvalue weighted by Gasteiger charge is -2.04. The summed E-state index contributed by atoms with van der Waals surface area (Å²) < 4.78 is 4.44. The molecule has 0 radical (unpaired) electrons. The first-order valence-electron chi connectivity index (χ1n) is 4.84. The van der Waals surface area contributed by atoms with Gasteiger partial charge in [0.2, 0.25) is 0 Å². The van der Waals surface area contributed by atoms with Crippen LogP contribution in [-0.4, -0.2) is 13.1 Å². The van der Waals surface area contributed by atoms with Gasteiger partial charge in [0.1, 0.15) is 0 Å². The first-order valence-corrected chi connectivity index (χ1v) is 4.84. The molecule has 1 unspecified atom stereocenters. The summed E-state index contributed by atoms with van der Waals surface area (Å²) >= 11 is 0. The number of hydrogen-bond acceptors (Lipinski definition) is 2. The lowest BCUT2D eigenvalue weighted by Crippen LogP contribution is -1.99. The minimum atomic E-state index is -0.435. The summed E-state index contributed by atoms with van der Waals surface area (Å²) in [6, 6.07) is 0. The van der Waals surface area contributed by atoms with Crippen LogP contribution in [0.4, 0.5) is 0 Å². The van der Waals surface area contributed by atoms with Gasteiger partial charge in [-0.2, -0.15) is 0 Å². The molecule has 13 heavy (non-hydrogen) atoms. The number of methoxy groups -OCH3 is 1. The van der Waals surface area contributed by atoms with E-state index >= 15 is 0 Å². The smallest absolute Gasteiger partial charge is 0.384 e. The predicted molar refractivity (Wildman–Crippen MR) is 53.1 cm³/mol. The van der Waals surface area contributed by atoms with E-state index in [1.165, 1.54) is 20.0 Å². The molecular weight excluding hydrogens is 164 g/mol. The highest BCUT2D eigenvalue weighted by Gasteiger charge is 2.01. The highest BCUT2D eigenvalue weighted by Crippen LogP contribution is 2.10. The van der Waals surface area contributed by atoms with Gasteiger partial charge in [-0.25, -0.2) is 4.79 Å². The molecule has 0 spiro atoms. The van der Waals surface area contributed by atoms with E-state index in [0.717, 1.165) is 12.8 Å². The molecule has 0 aliphatic rings. The summed E-state index contributed by atoms with van der Waals surface area (Å²) in [6.07, 6.45) is 4.44. The molecule has 0 saturated heterocycles. The molecule has 0 saturated carbocycles. The van der Waals surface area contributed by atoms with Crippen molar-refractivity contribution in [3.63, 3.8) is 0 Å². The van der Waals surface area contributed by atoms with Crippen molar-refractivity contribution >= 4 is 5.97 Å². The summed E-state index contributed by atoms with van der Waals surface area (Å²) in [5.74, 6) is 5.32. The van der Waals surface area contributed by atoms with Gasteiger partial charge in [0.05, 0.1) is 7.11 Å². The average molecular weight is 182 g/mol. The second-order valence-corrected chi connectivity index (χ2v) is 3.01. The Balaban J connectivity index is 3.92. The molecule has 0 fully saturated rings. The largest absolute Gasteiger partial charge is 0.459 e. The second kappa shape index (κ2) is 7.67. The first kappa shape index (κ1) is 12.0. The molecule has 0 heterocycles. The van der Waals surface area contributed by atoms with Crippen LogP contribution in [-0.2, 0) is 9.53 Å². The minimum absolute atomic E-state index is 0.346. The molecule has 0 aromatic carbocycles. The van der Waals surface area contributed by atoms with Gasteiger partial charge < -0.3 is 4.74 Å². The Morgan fingerprint density at radius 2 is 2.15 bits per heavy atom. The van der Waals surface area contributed by atoms with Crippen molar-refractivity contribution in [1.82, 2.24) is 0 Å². The molecule has 0 aliphatic heterocycles. The van der Waals surface area contributed by atoms with Gasteiger partial charge in [-0.05, 0) is 12.8 Å². The minimum Gasteiger partial charge on any atom is -0.459 e. The predicted octanol–water partition coefficient (Wildman–Crippen LogP) is 2.38. The van der Waals surface area contributed by atoms with Gasteiger partial charge in [0.15, 0.2) is 0 Å². The van der Waals surface area contributed by atoms with E-state index < -0.39 is 5.97 Å². The molecule has 0 aromatic heterocycles. The van der Waals surface area contributed by atoms with Crippen LogP contribution in [0.2, 0.25) is 0 Å². The van der Waals surface area contributed by atoms with Crippen molar-refractivity contribution in [3.8, 4) is 11.8 Å². The number of carbonyl (C=O) groups is 1. The molecule has 0 amide bonds. The summed E-state index contributed by atoms with van der Waals surface area (Å²) in [7, 11) is 1.35. The Kier molecular flexibility index (Phi) is 7.10. The fraction of sp³-hybridized carbons (Fsp3) is 0.727. The van der Waals surface area contributed by atoms with Gasteiger partial charge in [-0.15, -0.1) is 0 Å². The van der Waals surface area contributed by atoms with E-state index in [4.69, 9.17) is 0 Å². The Bertz CT molecular complexity index is 198. The lowest BCUT2D eigenvalue weighted by atomic mass is 10.0. The highest BCUT2D eigenvalue weighted by molar-refractivity contribution is 5.88. The molecule has 2 nitrogen and oxygen atoms in total. The van der Waals surface area contributed by atoms with Crippen molar-refractivity contribution in [2.75, 3.05) is 7.11 Å². The van der Waals surface area contributed by atoms with Crippen LogP contribution in [0, 0.1) is 17.8 Å². The lowest BCUT2D eigenvalue weighted by molar-refractivity contribution is -0.133. The molecule has 0 rings (SSSR count). The molecule has 2 heteroatoms. The quantitative estimate of drug-likeness (QED) is 0.379. The first-order chi connectivity index (χ1) is 6.24. The molecule has 0 N–H and O–H groups in total. The summed E-state index contributed by atoms with van der Waals surface area (Å²) in [6.45, 7) is 4.24. The number of ether oxygens (including phenoxy) is 1. The van der Waals surface area contributed by atoms with Crippen LogP contribution in [0.5, 0.6) is 0 Å². The summed E-state index contributed by atoms with van der Waals surface area (Å²) in [5, 5.41) is 0. The molecule has 1 atom stereocenters. The SMILES string of the molecule is CCCCC(C#CC(=O)OC)CC. The van der Waals surface area contributed by atoms with Crippen LogP contribution in [0.1, 0.15) is 39.5 Å². The highest BCUT2D eigenvalue weighted by atomic mass is 16.5. The maximum absolute atomic E-state index is 10.7. The Hall–Kier alpha value is -0.970. The standard InChI is InChI=1S/C11H18O2/c1-4-6-7-10(5-2)8-9-11(12)13-3/h10H,4-7H2,1-3H3. The van der Waals surface area contributed by atoms with Crippen molar-refractivity contribution in [2.45, 2.75) is 39.5 Å². The van der Waals surface area contributed by atoms with E-state index in [1.807, 2.05) is 0 Å². The van der Waals surface area contributed by atoms with E-state index in [9.17, 15) is 4.79 Å². The van der Waals surface area contributed by atoms with E-state index in [-0.39, 0.29) is 0 Å². The van der Waals surface area contributed by atoms with E-state index in [2.05, 4.69) is 30.4 Å². The fourth-order valence-corrected chi connectivity index (χ4v) is 1.04. The van der Waals surface area contributed by atoms with Gasteiger partial charge in [-0.3, -0.25) is 0 Å². The van der Waals surface area contributed by atoms with Gasteiger partial charge in [-0.1, -0.05) is 32.6 Å². The van der Waals surface area contributed by atoms with Crippen molar-refractivity contribution in [2.24, 2.45) is 5.92 Å². The van der Waals surface area contributed by atoms with Gasteiger partial charge >= 0.3 is 5.97 Å². The van der Waals surface area contributed by atoms with Gasteiger partial charge in [0, 0.05) is 11.8 Å². The normalized spacial score (nSPS) is 11.3. The van der Waals surface area contributed by atoms with Crippen molar-refractivity contribution in [1.29, 1.82) is 0 Å².